The highest BCUT2D eigenvalue weighted by Crippen LogP contribution is 2.34. The third kappa shape index (κ3) is 4.01. The average molecular weight is 442 g/mol. The molecule has 0 saturated heterocycles. The maximum absolute atomic E-state index is 13.0. The number of hydrogen-bond acceptors (Lipinski definition) is 6. The van der Waals surface area contributed by atoms with Crippen LogP contribution in [0.4, 0.5) is 5.69 Å². The minimum atomic E-state index is -0.115. The number of nitrogens with zero attached hydrogens (tertiary/aromatic N) is 2. The number of aryl methyl sites for hydroxylation is 1. The number of rotatable bonds is 6. The van der Waals surface area contributed by atoms with Gasteiger partial charge >= 0.3 is 0 Å². The fourth-order valence-corrected chi connectivity index (χ4v) is 5.64. The lowest BCUT2D eigenvalue weighted by Crippen LogP contribution is -2.21. The van der Waals surface area contributed by atoms with Crippen LogP contribution in [0.25, 0.3) is 20.7 Å². The van der Waals surface area contributed by atoms with Crippen LogP contribution in [-0.4, -0.2) is 21.2 Å². The highest BCUT2D eigenvalue weighted by atomic mass is 32.2. The minimum Gasteiger partial charge on any atom is -0.325 e. The Labute approximate surface area is 180 Å². The maximum atomic E-state index is 13.0. The highest BCUT2D eigenvalue weighted by Gasteiger charge is 2.17. The smallest absolute Gasteiger partial charge is 0.263 e. The molecule has 0 aliphatic heterocycles. The molecule has 8 heteroatoms. The summed E-state index contributed by atoms with van der Waals surface area (Å²) >= 11 is 4.34. The van der Waals surface area contributed by atoms with Gasteiger partial charge in [-0.25, -0.2) is 4.98 Å². The summed E-state index contributed by atoms with van der Waals surface area (Å²) in [5.74, 6) is 0.0724. The molecule has 0 aliphatic carbocycles. The van der Waals surface area contributed by atoms with Crippen molar-refractivity contribution in [3.8, 4) is 10.4 Å². The zero-order chi connectivity index (χ0) is 20.4. The summed E-state index contributed by atoms with van der Waals surface area (Å²) in [6, 6.07) is 11.8. The first kappa shape index (κ1) is 19.9. The lowest BCUT2D eigenvalue weighted by Gasteiger charge is -2.10. The molecule has 3 heterocycles. The first-order valence-corrected chi connectivity index (χ1v) is 11.9. The first-order valence-electron chi connectivity index (χ1n) is 9.11. The number of aromatic nitrogens is 2. The summed E-state index contributed by atoms with van der Waals surface area (Å²) in [4.78, 5) is 31.8. The zero-order valence-corrected chi connectivity index (χ0v) is 18.4. The van der Waals surface area contributed by atoms with Gasteiger partial charge in [-0.1, -0.05) is 43.0 Å². The molecule has 148 valence electrons. The maximum Gasteiger partial charge on any atom is 0.263 e. The number of para-hydroxylation sites is 1. The molecule has 0 saturated carbocycles. The van der Waals surface area contributed by atoms with E-state index in [1.54, 1.807) is 18.4 Å². The Morgan fingerprint density at radius 1 is 1.21 bits per heavy atom. The van der Waals surface area contributed by atoms with Crippen LogP contribution in [0.3, 0.4) is 0 Å². The molecular formula is C21H19N3O2S3. The van der Waals surface area contributed by atoms with Gasteiger partial charge < -0.3 is 5.32 Å². The number of hydrogen-bond donors (Lipinski definition) is 1. The van der Waals surface area contributed by atoms with E-state index in [1.165, 1.54) is 27.7 Å². The SMILES string of the molecule is CCc1ccccc1NC(=O)CSc1nc2scc(-c3cccs3)c2c(=O)n1C. The first-order chi connectivity index (χ1) is 14.1. The predicted octanol–water partition coefficient (Wildman–Crippen LogP) is 5.02. The van der Waals surface area contributed by atoms with Crippen LogP contribution >= 0.6 is 34.4 Å². The van der Waals surface area contributed by atoms with Crippen molar-refractivity contribution in [3.63, 3.8) is 0 Å². The Balaban J connectivity index is 1.55. The van der Waals surface area contributed by atoms with Crippen molar-refractivity contribution >= 4 is 56.2 Å². The van der Waals surface area contributed by atoms with Crippen LogP contribution in [0.15, 0.2) is 57.1 Å². The zero-order valence-electron chi connectivity index (χ0n) is 16.0. The molecule has 0 atom stereocenters. The van der Waals surface area contributed by atoms with Crippen molar-refractivity contribution in [2.75, 3.05) is 11.1 Å². The van der Waals surface area contributed by atoms with Gasteiger partial charge in [0.2, 0.25) is 5.91 Å². The minimum absolute atomic E-state index is 0.0844. The van der Waals surface area contributed by atoms with E-state index < -0.39 is 0 Å². The summed E-state index contributed by atoms with van der Waals surface area (Å²) in [6.07, 6.45) is 0.848. The van der Waals surface area contributed by atoms with Gasteiger partial charge in [0.25, 0.3) is 5.56 Å². The Kier molecular flexibility index (Phi) is 5.84. The van der Waals surface area contributed by atoms with Crippen molar-refractivity contribution in [1.82, 2.24) is 9.55 Å². The molecule has 0 radical (unpaired) electrons. The molecule has 1 amide bonds. The van der Waals surface area contributed by atoms with Crippen molar-refractivity contribution in [2.45, 2.75) is 18.5 Å². The third-order valence-corrected chi connectivity index (χ3v) is 7.37. The van der Waals surface area contributed by atoms with E-state index in [-0.39, 0.29) is 17.2 Å². The van der Waals surface area contributed by atoms with Gasteiger partial charge in [0.1, 0.15) is 4.83 Å². The second-order valence-electron chi connectivity index (χ2n) is 6.41. The molecule has 0 aliphatic rings. The number of nitrogens with one attached hydrogen (secondary N) is 1. The summed E-state index contributed by atoms with van der Waals surface area (Å²) in [5.41, 5.74) is 2.77. The third-order valence-electron chi connectivity index (χ3n) is 4.57. The van der Waals surface area contributed by atoms with Gasteiger partial charge in [-0.2, -0.15) is 0 Å². The van der Waals surface area contributed by atoms with Crippen molar-refractivity contribution in [3.05, 3.63) is 63.1 Å². The number of carbonyl (C=O) groups excluding carboxylic acids is 1. The van der Waals surface area contributed by atoms with E-state index in [1.807, 2.05) is 47.2 Å². The molecule has 3 aromatic heterocycles. The Hall–Kier alpha value is -2.42. The summed E-state index contributed by atoms with van der Waals surface area (Å²) in [5, 5.41) is 8.12. The quantitative estimate of drug-likeness (QED) is 0.337. The average Bonchev–Trinajstić information content (AvgIpc) is 3.39. The molecular weight excluding hydrogens is 422 g/mol. The predicted molar refractivity (Wildman–Crippen MR) is 123 cm³/mol. The number of thioether (sulfide) groups is 1. The van der Waals surface area contributed by atoms with Crippen LogP contribution in [0.2, 0.25) is 0 Å². The standard InChI is InChI=1S/C21H19N3O2S3/c1-3-13-7-4-5-8-15(13)22-17(25)12-29-21-23-19-18(20(26)24(21)2)14(11-28-19)16-9-6-10-27-16/h4-11H,3,12H2,1-2H3,(H,22,25). The summed E-state index contributed by atoms with van der Waals surface area (Å²) in [7, 11) is 1.71. The van der Waals surface area contributed by atoms with E-state index in [9.17, 15) is 9.59 Å². The molecule has 4 aromatic rings. The lowest BCUT2D eigenvalue weighted by molar-refractivity contribution is -0.113. The van der Waals surface area contributed by atoms with E-state index >= 15 is 0 Å². The molecule has 29 heavy (non-hydrogen) atoms. The van der Waals surface area contributed by atoms with E-state index in [0.717, 1.165) is 28.1 Å². The number of carbonyl (C=O) groups is 1. The van der Waals surface area contributed by atoms with Crippen LogP contribution in [-0.2, 0) is 18.3 Å². The second-order valence-corrected chi connectivity index (χ2v) is 9.16. The van der Waals surface area contributed by atoms with Crippen LogP contribution in [0.5, 0.6) is 0 Å². The van der Waals surface area contributed by atoms with Gasteiger partial charge in [-0.3, -0.25) is 14.2 Å². The van der Waals surface area contributed by atoms with Crippen LogP contribution in [0, 0.1) is 0 Å². The van der Waals surface area contributed by atoms with Gasteiger partial charge in [0, 0.05) is 28.6 Å². The molecule has 1 aromatic carbocycles. The molecule has 0 bridgehead atoms. The van der Waals surface area contributed by atoms with Gasteiger partial charge in [0.05, 0.1) is 11.1 Å². The normalized spacial score (nSPS) is 11.1. The van der Waals surface area contributed by atoms with E-state index in [4.69, 9.17) is 0 Å². The molecule has 5 nitrogen and oxygen atoms in total. The van der Waals surface area contributed by atoms with Crippen molar-refractivity contribution < 1.29 is 4.79 Å². The Morgan fingerprint density at radius 2 is 2.03 bits per heavy atom. The fraction of sp³-hybridized carbons (Fsp3) is 0.190. The van der Waals surface area contributed by atoms with Crippen LogP contribution < -0.4 is 10.9 Å². The number of anilines is 1. The topological polar surface area (TPSA) is 64.0 Å². The molecule has 0 unspecified atom stereocenters. The van der Waals surface area contributed by atoms with Gasteiger partial charge in [-0.05, 0) is 29.5 Å². The second kappa shape index (κ2) is 8.52. The largest absolute Gasteiger partial charge is 0.325 e. The fourth-order valence-electron chi connectivity index (χ4n) is 3.06. The summed E-state index contributed by atoms with van der Waals surface area (Å²) < 4.78 is 1.53. The van der Waals surface area contributed by atoms with Gasteiger partial charge in [-0.15, -0.1) is 22.7 Å². The number of benzene rings is 1. The van der Waals surface area contributed by atoms with Crippen molar-refractivity contribution in [1.29, 1.82) is 0 Å². The molecule has 4 rings (SSSR count). The number of thiophene rings is 2. The number of fused-ring (bicyclic) bond motifs is 1. The van der Waals surface area contributed by atoms with E-state index in [0.29, 0.717) is 15.4 Å². The van der Waals surface area contributed by atoms with Crippen LogP contribution in [0.1, 0.15) is 12.5 Å². The Morgan fingerprint density at radius 3 is 2.79 bits per heavy atom. The molecule has 0 fully saturated rings. The lowest BCUT2D eigenvalue weighted by atomic mass is 10.1. The molecule has 0 spiro atoms. The monoisotopic (exact) mass is 441 g/mol. The molecule has 1 N–H and O–H groups in total. The van der Waals surface area contributed by atoms with Crippen molar-refractivity contribution in [2.24, 2.45) is 7.05 Å². The highest BCUT2D eigenvalue weighted by molar-refractivity contribution is 7.99. The number of amides is 1. The Bertz CT molecular complexity index is 1230. The van der Waals surface area contributed by atoms with E-state index in [2.05, 4.69) is 17.2 Å². The summed E-state index contributed by atoms with van der Waals surface area (Å²) in [6.45, 7) is 2.06. The van der Waals surface area contributed by atoms with Gasteiger partial charge in [0.15, 0.2) is 5.16 Å².